The fraction of sp³-hybridized carbons (Fsp3) is 0.263. The van der Waals surface area contributed by atoms with E-state index >= 15 is 0 Å². The van der Waals surface area contributed by atoms with Crippen molar-refractivity contribution in [2.75, 3.05) is 0 Å². The standard InChI is InChI=1S/C19H21N/c20-14-13-18(15-7-2-1-3-8-15)19-12-6-10-16-9-4-5-11-17(16)19/h1-5,7-9,11,13-14,18-19H,6,10,12,20H2/b14-13+. The molecule has 0 spiro atoms. The van der Waals surface area contributed by atoms with Gasteiger partial charge in [-0.2, -0.15) is 0 Å². The molecule has 0 bridgehead atoms. The smallest absolute Gasteiger partial charge is 0.0104 e. The zero-order valence-corrected chi connectivity index (χ0v) is 11.7. The molecule has 0 aromatic heterocycles. The number of rotatable bonds is 3. The second-order valence-corrected chi connectivity index (χ2v) is 5.52. The number of allylic oxidation sites excluding steroid dienone is 1. The number of nitrogens with two attached hydrogens (primary N) is 1. The van der Waals surface area contributed by atoms with E-state index in [0.29, 0.717) is 11.8 Å². The van der Waals surface area contributed by atoms with Crippen molar-refractivity contribution in [3.63, 3.8) is 0 Å². The first kappa shape index (κ1) is 13.0. The first-order chi connectivity index (χ1) is 9.90. The molecule has 102 valence electrons. The Morgan fingerprint density at radius 1 is 1.00 bits per heavy atom. The van der Waals surface area contributed by atoms with E-state index in [9.17, 15) is 0 Å². The van der Waals surface area contributed by atoms with Crippen LogP contribution in [0.2, 0.25) is 0 Å². The minimum atomic E-state index is 0.377. The molecule has 2 unspecified atom stereocenters. The molecule has 0 radical (unpaired) electrons. The fourth-order valence-corrected chi connectivity index (χ4v) is 3.44. The normalized spacial score (nSPS) is 19.7. The van der Waals surface area contributed by atoms with Gasteiger partial charge in [0.25, 0.3) is 0 Å². The third-order valence-electron chi connectivity index (χ3n) is 4.35. The molecular formula is C19H21N. The lowest BCUT2D eigenvalue weighted by atomic mass is 9.73. The summed E-state index contributed by atoms with van der Waals surface area (Å²) in [7, 11) is 0. The maximum absolute atomic E-state index is 5.71. The molecule has 2 atom stereocenters. The van der Waals surface area contributed by atoms with Crippen molar-refractivity contribution in [3.05, 3.63) is 83.6 Å². The molecule has 2 N–H and O–H groups in total. The molecule has 0 fully saturated rings. The van der Waals surface area contributed by atoms with Crippen LogP contribution in [0.1, 0.15) is 41.4 Å². The van der Waals surface area contributed by atoms with Gasteiger partial charge in [-0.25, -0.2) is 0 Å². The molecule has 0 aliphatic heterocycles. The molecule has 2 aromatic rings. The van der Waals surface area contributed by atoms with Gasteiger partial charge >= 0.3 is 0 Å². The van der Waals surface area contributed by atoms with E-state index in [0.717, 1.165) is 0 Å². The van der Waals surface area contributed by atoms with Crippen molar-refractivity contribution >= 4 is 0 Å². The number of hydrogen-bond acceptors (Lipinski definition) is 1. The monoisotopic (exact) mass is 263 g/mol. The summed E-state index contributed by atoms with van der Waals surface area (Å²) in [6.45, 7) is 0. The minimum absolute atomic E-state index is 0.377. The van der Waals surface area contributed by atoms with Crippen molar-refractivity contribution < 1.29 is 0 Å². The van der Waals surface area contributed by atoms with E-state index in [-0.39, 0.29) is 0 Å². The van der Waals surface area contributed by atoms with E-state index in [4.69, 9.17) is 5.73 Å². The highest BCUT2D eigenvalue weighted by molar-refractivity contribution is 5.38. The van der Waals surface area contributed by atoms with Gasteiger partial charge in [0.2, 0.25) is 0 Å². The van der Waals surface area contributed by atoms with E-state index in [1.54, 1.807) is 6.20 Å². The van der Waals surface area contributed by atoms with Crippen molar-refractivity contribution in [2.24, 2.45) is 5.73 Å². The first-order valence-electron chi connectivity index (χ1n) is 7.41. The summed E-state index contributed by atoms with van der Waals surface area (Å²) in [6, 6.07) is 19.6. The summed E-state index contributed by atoms with van der Waals surface area (Å²) in [4.78, 5) is 0. The summed E-state index contributed by atoms with van der Waals surface area (Å²) in [5.74, 6) is 0.921. The summed E-state index contributed by atoms with van der Waals surface area (Å²) < 4.78 is 0. The topological polar surface area (TPSA) is 26.0 Å². The average Bonchev–Trinajstić information content (AvgIpc) is 2.53. The van der Waals surface area contributed by atoms with Gasteiger partial charge < -0.3 is 5.73 Å². The van der Waals surface area contributed by atoms with Gasteiger partial charge in [-0.3, -0.25) is 0 Å². The predicted molar refractivity (Wildman–Crippen MR) is 84.6 cm³/mol. The van der Waals surface area contributed by atoms with Crippen molar-refractivity contribution in [2.45, 2.75) is 31.1 Å². The van der Waals surface area contributed by atoms with Crippen LogP contribution in [0.4, 0.5) is 0 Å². The molecule has 20 heavy (non-hydrogen) atoms. The average molecular weight is 263 g/mol. The summed E-state index contributed by atoms with van der Waals surface area (Å²) in [6.07, 6.45) is 7.57. The molecule has 0 saturated carbocycles. The van der Waals surface area contributed by atoms with Crippen LogP contribution in [0.25, 0.3) is 0 Å². The molecular weight excluding hydrogens is 242 g/mol. The molecule has 0 saturated heterocycles. The molecule has 3 rings (SSSR count). The Kier molecular flexibility index (Phi) is 3.87. The van der Waals surface area contributed by atoms with E-state index in [2.05, 4.69) is 60.7 Å². The van der Waals surface area contributed by atoms with Crippen LogP contribution in [0.15, 0.2) is 66.9 Å². The number of hydrogen-bond donors (Lipinski definition) is 1. The van der Waals surface area contributed by atoms with Gasteiger partial charge in [-0.1, -0.05) is 60.7 Å². The Labute approximate surface area is 121 Å². The molecule has 1 nitrogen and oxygen atoms in total. The molecule has 0 heterocycles. The third kappa shape index (κ3) is 2.49. The van der Waals surface area contributed by atoms with Gasteiger partial charge in [0.05, 0.1) is 0 Å². The Morgan fingerprint density at radius 2 is 1.75 bits per heavy atom. The zero-order chi connectivity index (χ0) is 13.8. The Balaban J connectivity index is 2.01. The number of fused-ring (bicyclic) bond motifs is 1. The van der Waals surface area contributed by atoms with Crippen molar-refractivity contribution in [1.29, 1.82) is 0 Å². The lowest BCUT2D eigenvalue weighted by molar-refractivity contribution is 0.513. The molecule has 1 heteroatoms. The quantitative estimate of drug-likeness (QED) is 0.874. The number of aryl methyl sites for hydroxylation is 1. The van der Waals surface area contributed by atoms with Crippen molar-refractivity contribution in [1.82, 2.24) is 0 Å². The largest absolute Gasteiger partial charge is 0.405 e. The first-order valence-corrected chi connectivity index (χ1v) is 7.41. The van der Waals surface area contributed by atoms with E-state index in [1.165, 1.54) is 36.0 Å². The fourth-order valence-electron chi connectivity index (χ4n) is 3.44. The summed E-state index contributed by atoms with van der Waals surface area (Å²) in [5, 5.41) is 0. The van der Waals surface area contributed by atoms with Crippen LogP contribution in [-0.2, 0) is 6.42 Å². The molecule has 1 aliphatic carbocycles. The van der Waals surface area contributed by atoms with Gasteiger partial charge in [-0.15, -0.1) is 0 Å². The lowest BCUT2D eigenvalue weighted by Gasteiger charge is -2.31. The highest BCUT2D eigenvalue weighted by atomic mass is 14.5. The molecule has 2 aromatic carbocycles. The van der Waals surface area contributed by atoms with Gasteiger partial charge in [-0.05, 0) is 48.1 Å². The van der Waals surface area contributed by atoms with Crippen LogP contribution in [0.3, 0.4) is 0 Å². The highest BCUT2D eigenvalue weighted by Gasteiger charge is 2.27. The Morgan fingerprint density at radius 3 is 2.55 bits per heavy atom. The Bertz CT molecular complexity index is 586. The molecule has 0 amide bonds. The SMILES string of the molecule is N/C=C/C(c1ccccc1)C1CCCc2ccccc21. The van der Waals surface area contributed by atoms with Gasteiger partial charge in [0.1, 0.15) is 0 Å². The van der Waals surface area contributed by atoms with Crippen LogP contribution < -0.4 is 5.73 Å². The van der Waals surface area contributed by atoms with E-state index in [1.807, 2.05) is 0 Å². The predicted octanol–water partition coefficient (Wildman–Crippen LogP) is 4.36. The zero-order valence-electron chi connectivity index (χ0n) is 11.7. The Hall–Kier alpha value is -2.02. The summed E-state index contributed by atoms with van der Waals surface area (Å²) in [5.41, 5.74) is 10.1. The second kappa shape index (κ2) is 5.96. The minimum Gasteiger partial charge on any atom is -0.405 e. The van der Waals surface area contributed by atoms with Gasteiger partial charge in [0.15, 0.2) is 0 Å². The number of benzene rings is 2. The second-order valence-electron chi connectivity index (χ2n) is 5.52. The highest BCUT2D eigenvalue weighted by Crippen LogP contribution is 2.42. The van der Waals surface area contributed by atoms with E-state index < -0.39 is 0 Å². The van der Waals surface area contributed by atoms with Crippen LogP contribution >= 0.6 is 0 Å². The van der Waals surface area contributed by atoms with Gasteiger partial charge in [0, 0.05) is 5.92 Å². The third-order valence-corrected chi connectivity index (χ3v) is 4.35. The lowest BCUT2D eigenvalue weighted by Crippen LogP contribution is -2.16. The maximum Gasteiger partial charge on any atom is 0.0104 e. The maximum atomic E-state index is 5.71. The molecule has 1 aliphatic rings. The van der Waals surface area contributed by atoms with Crippen LogP contribution in [0.5, 0.6) is 0 Å². The summed E-state index contributed by atoms with van der Waals surface area (Å²) >= 11 is 0. The van der Waals surface area contributed by atoms with Crippen molar-refractivity contribution in [3.8, 4) is 0 Å². The van der Waals surface area contributed by atoms with Crippen LogP contribution in [0, 0.1) is 0 Å². The van der Waals surface area contributed by atoms with Crippen LogP contribution in [-0.4, -0.2) is 0 Å².